The number of primary amides is 1. The zero-order valence-corrected chi connectivity index (χ0v) is 22.7. The van der Waals surface area contributed by atoms with E-state index in [-0.39, 0.29) is 12.4 Å². The van der Waals surface area contributed by atoms with Gasteiger partial charge in [-0.05, 0) is 48.5 Å². The molecule has 0 fully saturated rings. The van der Waals surface area contributed by atoms with Crippen LogP contribution in [-0.4, -0.2) is 30.1 Å². The summed E-state index contributed by atoms with van der Waals surface area (Å²) in [6.07, 6.45) is 0. The molecule has 5 rings (SSSR count). The molecule has 0 aliphatic carbocycles. The lowest BCUT2D eigenvalue weighted by Crippen LogP contribution is -2.16. The van der Waals surface area contributed by atoms with Gasteiger partial charge in [-0.3, -0.25) is 9.78 Å². The molecule has 2 aromatic heterocycles. The van der Waals surface area contributed by atoms with Gasteiger partial charge in [-0.1, -0.05) is 28.1 Å². The minimum atomic E-state index is -1.20. The Bertz CT molecular complexity index is 1610. The SMILES string of the molecule is COc1ccc2ccc(CBr)nc2c1.COc1ccc2ccc(COc3ccc(F)c(C(N)=O)c3F)nc2c1. The van der Waals surface area contributed by atoms with E-state index in [4.69, 9.17) is 19.9 Å². The number of benzene rings is 3. The number of halogens is 3. The third-order valence-corrected chi connectivity index (χ3v) is 6.30. The molecule has 7 nitrogen and oxygen atoms in total. The average molecular weight is 596 g/mol. The zero-order valence-electron chi connectivity index (χ0n) is 21.1. The Morgan fingerprint density at radius 1 is 0.821 bits per heavy atom. The van der Waals surface area contributed by atoms with E-state index < -0.39 is 23.1 Å². The molecule has 0 atom stereocenters. The van der Waals surface area contributed by atoms with Crippen molar-refractivity contribution in [3.63, 3.8) is 0 Å². The number of nitrogens with zero attached hydrogens (tertiary/aromatic N) is 2. The van der Waals surface area contributed by atoms with Crippen LogP contribution in [0.2, 0.25) is 0 Å². The number of carbonyl (C=O) groups is 1. The standard InChI is InChI=1S/C18H14F2N2O3.C11H10BrNO/c1-24-12-5-3-10-2-4-11(22-14(10)8-12)9-25-15-7-6-13(19)16(17(15)20)18(21)23;1-14-10-5-3-8-2-4-9(7-12)13-11(8)6-10/h2-8H,9H2,1H3,(H2,21,23);2-6H,7H2,1H3. The van der Waals surface area contributed by atoms with Crippen LogP contribution < -0.4 is 19.9 Å². The fourth-order valence-electron chi connectivity index (χ4n) is 3.71. The number of ether oxygens (including phenoxy) is 3. The molecule has 0 aliphatic heterocycles. The summed E-state index contributed by atoms with van der Waals surface area (Å²) >= 11 is 3.39. The second-order valence-electron chi connectivity index (χ2n) is 8.24. The predicted octanol–water partition coefficient (Wildman–Crippen LogP) is 6.34. The van der Waals surface area contributed by atoms with Crippen LogP contribution in [0.5, 0.6) is 17.2 Å². The smallest absolute Gasteiger partial charge is 0.254 e. The molecule has 2 N–H and O–H groups in total. The van der Waals surface area contributed by atoms with E-state index in [1.807, 2.05) is 42.5 Å². The summed E-state index contributed by atoms with van der Waals surface area (Å²) in [4.78, 5) is 20.0. The first-order valence-electron chi connectivity index (χ1n) is 11.7. The van der Waals surface area contributed by atoms with Crippen molar-refractivity contribution in [3.05, 3.63) is 101 Å². The minimum absolute atomic E-state index is 0.0616. The van der Waals surface area contributed by atoms with Gasteiger partial charge in [0.2, 0.25) is 0 Å². The van der Waals surface area contributed by atoms with Gasteiger partial charge in [0.05, 0.1) is 36.6 Å². The van der Waals surface area contributed by atoms with Crippen molar-refractivity contribution < 1.29 is 27.8 Å². The number of fused-ring (bicyclic) bond motifs is 2. The van der Waals surface area contributed by atoms with Gasteiger partial charge in [-0.15, -0.1) is 0 Å². The minimum Gasteiger partial charge on any atom is -0.497 e. The molecule has 0 radical (unpaired) electrons. The lowest BCUT2D eigenvalue weighted by Gasteiger charge is -2.10. The highest BCUT2D eigenvalue weighted by atomic mass is 79.9. The number of pyridine rings is 2. The molecule has 200 valence electrons. The fourth-order valence-corrected chi connectivity index (χ4v) is 4.02. The largest absolute Gasteiger partial charge is 0.497 e. The van der Waals surface area contributed by atoms with Gasteiger partial charge in [-0.2, -0.15) is 0 Å². The maximum absolute atomic E-state index is 14.1. The van der Waals surface area contributed by atoms with Gasteiger partial charge < -0.3 is 19.9 Å². The summed E-state index contributed by atoms with van der Waals surface area (Å²) in [5, 5.41) is 2.82. The molecule has 39 heavy (non-hydrogen) atoms. The summed E-state index contributed by atoms with van der Waals surface area (Å²) in [5.74, 6) is -2.13. The van der Waals surface area contributed by atoms with Crippen LogP contribution in [0.15, 0.2) is 72.8 Å². The summed E-state index contributed by atoms with van der Waals surface area (Å²) < 4.78 is 43.2. The van der Waals surface area contributed by atoms with Gasteiger partial charge in [0.15, 0.2) is 11.6 Å². The topological polar surface area (TPSA) is 96.6 Å². The highest BCUT2D eigenvalue weighted by Crippen LogP contribution is 2.25. The Labute approximate surface area is 231 Å². The van der Waals surface area contributed by atoms with Crippen molar-refractivity contribution in [2.24, 2.45) is 5.73 Å². The Hall–Kier alpha value is -4.31. The third-order valence-electron chi connectivity index (χ3n) is 5.73. The van der Waals surface area contributed by atoms with Crippen LogP contribution in [0.4, 0.5) is 8.78 Å². The first-order chi connectivity index (χ1) is 18.8. The Morgan fingerprint density at radius 2 is 1.36 bits per heavy atom. The quantitative estimate of drug-likeness (QED) is 0.221. The summed E-state index contributed by atoms with van der Waals surface area (Å²) in [7, 11) is 3.22. The molecule has 2 heterocycles. The number of alkyl halides is 1. The van der Waals surface area contributed by atoms with Crippen molar-refractivity contribution in [1.29, 1.82) is 0 Å². The van der Waals surface area contributed by atoms with Crippen LogP contribution in [0.25, 0.3) is 21.8 Å². The molecule has 0 aliphatic rings. The Morgan fingerprint density at radius 3 is 1.90 bits per heavy atom. The Kier molecular flexibility index (Phi) is 8.88. The molecule has 0 saturated heterocycles. The number of nitrogens with two attached hydrogens (primary N) is 1. The van der Waals surface area contributed by atoms with E-state index in [1.165, 1.54) is 0 Å². The molecule has 1 amide bonds. The lowest BCUT2D eigenvalue weighted by molar-refractivity contribution is 0.0991. The normalized spacial score (nSPS) is 10.6. The lowest BCUT2D eigenvalue weighted by atomic mass is 10.1. The van der Waals surface area contributed by atoms with Crippen molar-refractivity contribution in [2.75, 3.05) is 14.2 Å². The summed E-state index contributed by atoms with van der Waals surface area (Å²) in [5.41, 5.74) is 7.39. The number of hydrogen-bond acceptors (Lipinski definition) is 6. The first kappa shape index (κ1) is 27.7. The zero-order chi connectivity index (χ0) is 27.9. The van der Waals surface area contributed by atoms with Gasteiger partial charge in [0.1, 0.15) is 29.5 Å². The van der Waals surface area contributed by atoms with E-state index >= 15 is 0 Å². The van der Waals surface area contributed by atoms with Gasteiger partial charge >= 0.3 is 0 Å². The van der Waals surface area contributed by atoms with E-state index in [1.54, 1.807) is 26.4 Å². The monoisotopic (exact) mass is 595 g/mol. The number of aromatic nitrogens is 2. The average Bonchev–Trinajstić information content (AvgIpc) is 2.95. The molecule has 0 bridgehead atoms. The third kappa shape index (κ3) is 6.58. The number of methoxy groups -OCH3 is 2. The van der Waals surface area contributed by atoms with Gasteiger partial charge in [0.25, 0.3) is 5.91 Å². The fraction of sp³-hybridized carbons (Fsp3) is 0.138. The second-order valence-corrected chi connectivity index (χ2v) is 8.80. The van der Waals surface area contributed by atoms with Crippen molar-refractivity contribution in [1.82, 2.24) is 9.97 Å². The molecule has 0 spiro atoms. The predicted molar refractivity (Wildman–Crippen MR) is 148 cm³/mol. The number of amides is 1. The van der Waals surface area contributed by atoms with Gasteiger partial charge in [0, 0.05) is 28.2 Å². The molecular weight excluding hydrogens is 572 g/mol. The van der Waals surface area contributed by atoms with E-state index in [9.17, 15) is 13.6 Å². The number of rotatable bonds is 7. The van der Waals surface area contributed by atoms with Crippen LogP contribution in [0, 0.1) is 11.6 Å². The number of carbonyl (C=O) groups excluding carboxylic acids is 1. The molecular formula is C29H24BrF2N3O4. The molecule has 0 unspecified atom stereocenters. The first-order valence-corrected chi connectivity index (χ1v) is 12.8. The van der Waals surface area contributed by atoms with Crippen LogP contribution >= 0.6 is 15.9 Å². The highest BCUT2D eigenvalue weighted by Gasteiger charge is 2.19. The van der Waals surface area contributed by atoms with Crippen molar-refractivity contribution in [3.8, 4) is 17.2 Å². The van der Waals surface area contributed by atoms with Crippen LogP contribution in [-0.2, 0) is 11.9 Å². The summed E-state index contributed by atoms with van der Waals surface area (Å²) in [6.45, 7) is -0.0616. The van der Waals surface area contributed by atoms with E-state index in [0.29, 0.717) is 17.0 Å². The second kappa shape index (κ2) is 12.5. The number of hydrogen-bond donors (Lipinski definition) is 1. The van der Waals surface area contributed by atoms with Crippen molar-refractivity contribution in [2.45, 2.75) is 11.9 Å². The van der Waals surface area contributed by atoms with E-state index in [0.717, 1.165) is 45.2 Å². The molecule has 0 saturated carbocycles. The molecule has 5 aromatic rings. The molecule has 3 aromatic carbocycles. The maximum Gasteiger partial charge on any atom is 0.254 e. The van der Waals surface area contributed by atoms with Gasteiger partial charge in [-0.25, -0.2) is 13.8 Å². The van der Waals surface area contributed by atoms with Crippen LogP contribution in [0.3, 0.4) is 0 Å². The molecule has 10 heteroatoms. The van der Waals surface area contributed by atoms with Crippen LogP contribution in [0.1, 0.15) is 21.7 Å². The summed E-state index contributed by atoms with van der Waals surface area (Å²) in [6, 6.07) is 21.0. The highest BCUT2D eigenvalue weighted by molar-refractivity contribution is 9.08. The Balaban J connectivity index is 0.000000212. The maximum atomic E-state index is 14.1. The van der Waals surface area contributed by atoms with Crippen molar-refractivity contribution >= 4 is 43.6 Å². The van der Waals surface area contributed by atoms with E-state index in [2.05, 4.69) is 32.0 Å².